The lowest BCUT2D eigenvalue weighted by molar-refractivity contribution is -0.136. The van der Waals surface area contributed by atoms with Gasteiger partial charge in [-0.15, -0.1) is 0 Å². The van der Waals surface area contributed by atoms with E-state index in [9.17, 15) is 14.4 Å². The third-order valence-electron chi connectivity index (χ3n) is 7.21. The number of hydrogen-bond donors (Lipinski definition) is 2. The van der Waals surface area contributed by atoms with E-state index in [1.165, 1.54) is 19.4 Å². The van der Waals surface area contributed by atoms with E-state index in [1.54, 1.807) is 4.90 Å². The van der Waals surface area contributed by atoms with Gasteiger partial charge in [-0.2, -0.15) is 0 Å². The van der Waals surface area contributed by atoms with Crippen LogP contribution in [0.3, 0.4) is 0 Å². The van der Waals surface area contributed by atoms with Gasteiger partial charge in [0.05, 0.1) is 0 Å². The van der Waals surface area contributed by atoms with Crippen LogP contribution in [0.1, 0.15) is 41.6 Å². The highest BCUT2D eigenvalue weighted by molar-refractivity contribution is 6.05. The van der Waals surface area contributed by atoms with Crippen LogP contribution in [-0.4, -0.2) is 79.4 Å². The van der Waals surface area contributed by atoms with Crippen molar-refractivity contribution in [3.05, 3.63) is 29.3 Å². The van der Waals surface area contributed by atoms with Crippen molar-refractivity contribution in [3.63, 3.8) is 0 Å². The van der Waals surface area contributed by atoms with Crippen molar-refractivity contribution in [1.82, 2.24) is 20.4 Å². The van der Waals surface area contributed by atoms with Crippen molar-refractivity contribution in [1.29, 1.82) is 0 Å². The summed E-state index contributed by atoms with van der Waals surface area (Å²) in [6, 6.07) is 5.52. The molecule has 1 aromatic carbocycles. The predicted octanol–water partition coefficient (Wildman–Crippen LogP) is 0.569. The number of fused-ring (bicyclic) bond motifs is 1. The molecule has 5 rings (SSSR count). The Bertz CT molecular complexity index is 874. The molecule has 3 saturated heterocycles. The second kappa shape index (κ2) is 8.59. The highest BCUT2D eigenvalue weighted by atomic mass is 16.2. The fraction of sp³-hybridized carbons (Fsp3) is 0.609. The number of amides is 3. The van der Waals surface area contributed by atoms with Crippen LogP contribution in [0, 0.1) is 5.92 Å². The van der Waals surface area contributed by atoms with E-state index < -0.39 is 6.04 Å². The summed E-state index contributed by atoms with van der Waals surface area (Å²) in [5.41, 5.74) is 2.83. The van der Waals surface area contributed by atoms with Crippen LogP contribution >= 0.6 is 0 Å². The lowest BCUT2D eigenvalue weighted by Gasteiger charge is -2.37. The first kappa shape index (κ1) is 20.5. The molecule has 0 spiro atoms. The Morgan fingerprint density at radius 2 is 1.74 bits per heavy atom. The highest BCUT2D eigenvalue weighted by Gasteiger charge is 2.39. The zero-order chi connectivity index (χ0) is 21.4. The molecule has 31 heavy (non-hydrogen) atoms. The molecule has 8 heteroatoms. The normalized spacial score (nSPS) is 25.7. The first-order valence-electron chi connectivity index (χ1n) is 11.5. The molecule has 4 heterocycles. The molecule has 4 aliphatic heterocycles. The summed E-state index contributed by atoms with van der Waals surface area (Å²) >= 11 is 0. The van der Waals surface area contributed by atoms with Crippen LogP contribution in [-0.2, 0) is 16.1 Å². The van der Waals surface area contributed by atoms with Gasteiger partial charge in [-0.3, -0.25) is 19.7 Å². The molecule has 0 radical (unpaired) electrons. The third-order valence-corrected chi connectivity index (χ3v) is 7.21. The average Bonchev–Trinajstić information content (AvgIpc) is 3.10. The van der Waals surface area contributed by atoms with Gasteiger partial charge in [-0.05, 0) is 48.9 Å². The summed E-state index contributed by atoms with van der Waals surface area (Å²) in [6.45, 7) is 8.24. The fourth-order valence-corrected chi connectivity index (χ4v) is 5.39. The summed E-state index contributed by atoms with van der Waals surface area (Å²) in [6.07, 6.45) is 3.08. The number of carbonyl (C=O) groups excluding carboxylic acids is 3. The van der Waals surface area contributed by atoms with Crippen molar-refractivity contribution in [3.8, 4) is 0 Å². The van der Waals surface area contributed by atoms with E-state index >= 15 is 0 Å². The topological polar surface area (TPSA) is 85.0 Å². The molecule has 4 aliphatic rings. The Morgan fingerprint density at radius 1 is 0.968 bits per heavy atom. The number of imide groups is 1. The summed E-state index contributed by atoms with van der Waals surface area (Å²) < 4.78 is 0. The van der Waals surface area contributed by atoms with Crippen LogP contribution < -0.4 is 15.5 Å². The Hall–Kier alpha value is -2.45. The minimum atomic E-state index is -0.554. The zero-order valence-corrected chi connectivity index (χ0v) is 17.9. The maximum absolute atomic E-state index is 12.9. The van der Waals surface area contributed by atoms with Crippen LogP contribution in [0.15, 0.2) is 18.2 Å². The van der Waals surface area contributed by atoms with Gasteiger partial charge in [0.25, 0.3) is 5.91 Å². The Balaban J connectivity index is 1.21. The molecule has 0 saturated carbocycles. The minimum absolute atomic E-state index is 0.106. The molecular formula is C23H31N5O3. The van der Waals surface area contributed by atoms with Gasteiger partial charge < -0.3 is 20.0 Å². The molecule has 2 N–H and O–H groups in total. The van der Waals surface area contributed by atoms with Crippen LogP contribution in [0.4, 0.5) is 5.69 Å². The maximum atomic E-state index is 12.9. The number of carbonyl (C=O) groups is 3. The molecular weight excluding hydrogens is 394 g/mol. The first-order valence-corrected chi connectivity index (χ1v) is 11.5. The van der Waals surface area contributed by atoms with E-state index in [1.807, 2.05) is 12.1 Å². The van der Waals surface area contributed by atoms with Gasteiger partial charge in [0.1, 0.15) is 6.04 Å². The third kappa shape index (κ3) is 4.19. The zero-order valence-electron chi connectivity index (χ0n) is 17.9. The Kier molecular flexibility index (Phi) is 5.67. The monoisotopic (exact) mass is 425 g/mol. The van der Waals surface area contributed by atoms with Crippen LogP contribution in [0.25, 0.3) is 0 Å². The molecule has 166 valence electrons. The first-order chi connectivity index (χ1) is 15.1. The summed E-state index contributed by atoms with van der Waals surface area (Å²) in [5, 5.41) is 5.78. The minimum Gasteiger partial charge on any atom is -0.372 e. The van der Waals surface area contributed by atoms with Crippen molar-refractivity contribution in [2.75, 3.05) is 50.7 Å². The van der Waals surface area contributed by atoms with Crippen molar-refractivity contribution >= 4 is 23.4 Å². The molecule has 8 nitrogen and oxygen atoms in total. The van der Waals surface area contributed by atoms with Crippen molar-refractivity contribution in [2.45, 2.75) is 38.3 Å². The van der Waals surface area contributed by atoms with E-state index in [0.29, 0.717) is 18.5 Å². The number of nitrogens with zero attached hydrogens (tertiary/aromatic N) is 3. The fourth-order valence-electron chi connectivity index (χ4n) is 5.39. The van der Waals surface area contributed by atoms with Gasteiger partial charge in [0, 0.05) is 70.0 Å². The summed E-state index contributed by atoms with van der Waals surface area (Å²) in [7, 11) is 0. The second-order valence-electron chi connectivity index (χ2n) is 9.22. The van der Waals surface area contributed by atoms with Gasteiger partial charge >= 0.3 is 0 Å². The number of benzene rings is 1. The average molecular weight is 426 g/mol. The molecule has 1 atom stereocenters. The summed E-state index contributed by atoms with van der Waals surface area (Å²) in [4.78, 5) is 43.2. The molecule has 3 amide bonds. The smallest absolute Gasteiger partial charge is 0.255 e. The van der Waals surface area contributed by atoms with E-state index in [-0.39, 0.29) is 24.1 Å². The number of nitrogens with one attached hydrogen (secondary N) is 2. The molecule has 3 fully saturated rings. The van der Waals surface area contributed by atoms with Gasteiger partial charge in [0.2, 0.25) is 11.8 Å². The molecule has 1 aromatic rings. The van der Waals surface area contributed by atoms with Crippen molar-refractivity contribution in [2.24, 2.45) is 5.92 Å². The molecule has 1 unspecified atom stereocenters. The van der Waals surface area contributed by atoms with Gasteiger partial charge in [-0.1, -0.05) is 0 Å². The van der Waals surface area contributed by atoms with Crippen molar-refractivity contribution < 1.29 is 14.4 Å². The van der Waals surface area contributed by atoms with Crippen LogP contribution in [0.2, 0.25) is 0 Å². The number of piperazine rings is 1. The number of anilines is 1. The molecule has 0 aromatic heterocycles. The maximum Gasteiger partial charge on any atom is 0.255 e. The van der Waals surface area contributed by atoms with Gasteiger partial charge in [-0.25, -0.2) is 0 Å². The SMILES string of the molecule is O=C1CCC(N2Cc3cc(N4CCC(CN5CCNCC5)CC4)ccc3C2=O)C(=O)N1. The largest absolute Gasteiger partial charge is 0.372 e. The Morgan fingerprint density at radius 3 is 2.48 bits per heavy atom. The standard InChI is InChI=1S/C23H31N5O3/c29-21-4-3-20(22(30)25-21)28-15-17-13-18(1-2-19(17)23(28)31)27-9-5-16(6-10-27)14-26-11-7-24-8-12-26/h1-2,13,16,20,24H,3-12,14-15H2,(H,25,29,30). The lowest BCUT2D eigenvalue weighted by Crippen LogP contribution is -2.52. The quantitative estimate of drug-likeness (QED) is 0.686. The molecule has 0 aliphatic carbocycles. The predicted molar refractivity (Wildman–Crippen MR) is 117 cm³/mol. The van der Waals surface area contributed by atoms with Gasteiger partial charge in [0.15, 0.2) is 0 Å². The number of hydrogen-bond acceptors (Lipinski definition) is 6. The van der Waals surface area contributed by atoms with E-state index in [4.69, 9.17) is 0 Å². The number of piperidine rings is 2. The lowest BCUT2D eigenvalue weighted by atomic mass is 9.95. The molecule has 0 bridgehead atoms. The number of rotatable bonds is 4. The summed E-state index contributed by atoms with van der Waals surface area (Å²) in [5.74, 6) is 0.0383. The highest BCUT2D eigenvalue weighted by Crippen LogP contribution is 2.32. The van der Waals surface area contributed by atoms with E-state index in [2.05, 4.69) is 26.5 Å². The van der Waals surface area contributed by atoms with E-state index in [0.717, 1.165) is 56.4 Å². The second-order valence-corrected chi connectivity index (χ2v) is 9.22. The van der Waals surface area contributed by atoms with Crippen LogP contribution in [0.5, 0.6) is 0 Å². The Labute approximate surface area is 182 Å².